The minimum Gasteiger partial charge on any atom is -0.300 e. The highest BCUT2D eigenvalue weighted by atomic mass is 32.1. The first-order valence-electron chi connectivity index (χ1n) is 7.13. The van der Waals surface area contributed by atoms with Gasteiger partial charge in [0, 0.05) is 5.38 Å². The van der Waals surface area contributed by atoms with Crippen LogP contribution in [0, 0.1) is 18.8 Å². The molecule has 2 fully saturated rings. The lowest BCUT2D eigenvalue weighted by Crippen LogP contribution is -2.38. The lowest BCUT2D eigenvalue weighted by molar-refractivity contribution is -0.142. The van der Waals surface area contributed by atoms with Crippen molar-refractivity contribution in [3.63, 3.8) is 0 Å². The Kier molecular flexibility index (Phi) is 3.75. The SMILES string of the molecule is Cc1csc(NC(=O)CN2C(=O)C3CCCCC3C2=O)n1. The van der Waals surface area contributed by atoms with Crippen molar-refractivity contribution in [2.24, 2.45) is 11.8 Å². The topological polar surface area (TPSA) is 79.4 Å². The number of likely N-dealkylation sites (tertiary alicyclic amines) is 1. The zero-order chi connectivity index (χ0) is 15.0. The van der Waals surface area contributed by atoms with Gasteiger partial charge >= 0.3 is 0 Å². The van der Waals surface area contributed by atoms with Crippen molar-refractivity contribution in [3.05, 3.63) is 11.1 Å². The van der Waals surface area contributed by atoms with Crippen molar-refractivity contribution in [1.82, 2.24) is 9.88 Å². The van der Waals surface area contributed by atoms with Gasteiger partial charge in [-0.05, 0) is 19.8 Å². The maximum atomic E-state index is 12.3. The van der Waals surface area contributed by atoms with Crippen LogP contribution < -0.4 is 5.32 Å². The summed E-state index contributed by atoms with van der Waals surface area (Å²) in [4.78, 5) is 41.7. The van der Waals surface area contributed by atoms with E-state index in [-0.39, 0.29) is 36.1 Å². The van der Waals surface area contributed by atoms with Gasteiger partial charge in [0.2, 0.25) is 17.7 Å². The molecule has 2 atom stereocenters. The van der Waals surface area contributed by atoms with Gasteiger partial charge in [-0.25, -0.2) is 4.98 Å². The molecule has 1 aliphatic heterocycles. The summed E-state index contributed by atoms with van der Waals surface area (Å²) >= 11 is 1.33. The second kappa shape index (κ2) is 5.55. The molecule has 1 N–H and O–H groups in total. The predicted octanol–water partition coefficient (Wildman–Crippen LogP) is 1.57. The van der Waals surface area contributed by atoms with E-state index < -0.39 is 0 Å². The number of thiazole rings is 1. The van der Waals surface area contributed by atoms with Gasteiger partial charge in [-0.3, -0.25) is 19.3 Å². The minimum atomic E-state index is -0.371. The number of hydrogen-bond donors (Lipinski definition) is 1. The highest BCUT2D eigenvalue weighted by Gasteiger charge is 2.48. The Labute approximate surface area is 126 Å². The number of aromatic nitrogens is 1. The van der Waals surface area contributed by atoms with Crippen LogP contribution in [0.2, 0.25) is 0 Å². The summed E-state index contributed by atoms with van der Waals surface area (Å²) in [6.07, 6.45) is 3.50. The summed E-state index contributed by atoms with van der Waals surface area (Å²) in [5, 5.41) is 4.96. The molecule has 0 spiro atoms. The Hall–Kier alpha value is -1.76. The minimum absolute atomic E-state index is 0.185. The molecular formula is C14H17N3O3S. The maximum absolute atomic E-state index is 12.3. The molecule has 1 aromatic rings. The smallest absolute Gasteiger partial charge is 0.246 e. The number of fused-ring (bicyclic) bond motifs is 1. The van der Waals surface area contributed by atoms with E-state index in [4.69, 9.17) is 0 Å². The van der Waals surface area contributed by atoms with Crippen LogP contribution in [-0.2, 0) is 14.4 Å². The van der Waals surface area contributed by atoms with Crippen LogP contribution in [-0.4, -0.2) is 34.2 Å². The summed E-state index contributed by atoms with van der Waals surface area (Å²) in [6, 6.07) is 0. The fraction of sp³-hybridized carbons (Fsp3) is 0.571. The molecule has 0 radical (unpaired) electrons. The van der Waals surface area contributed by atoms with Crippen LogP contribution in [0.4, 0.5) is 5.13 Å². The van der Waals surface area contributed by atoms with Crippen molar-refractivity contribution in [1.29, 1.82) is 0 Å². The van der Waals surface area contributed by atoms with Crippen molar-refractivity contribution in [2.45, 2.75) is 32.6 Å². The lowest BCUT2D eigenvalue weighted by Gasteiger charge is -2.19. The Morgan fingerprint density at radius 1 is 1.33 bits per heavy atom. The van der Waals surface area contributed by atoms with Crippen LogP contribution in [0.1, 0.15) is 31.4 Å². The zero-order valence-electron chi connectivity index (χ0n) is 11.8. The number of nitrogens with zero attached hydrogens (tertiary/aromatic N) is 2. The van der Waals surface area contributed by atoms with Crippen molar-refractivity contribution < 1.29 is 14.4 Å². The number of nitrogens with one attached hydrogen (secondary N) is 1. The van der Waals surface area contributed by atoms with Gasteiger partial charge in [-0.15, -0.1) is 11.3 Å². The van der Waals surface area contributed by atoms with E-state index >= 15 is 0 Å². The monoisotopic (exact) mass is 307 g/mol. The fourth-order valence-electron chi connectivity index (χ4n) is 3.10. The van der Waals surface area contributed by atoms with Gasteiger partial charge in [0.05, 0.1) is 17.5 Å². The Balaban J connectivity index is 1.65. The summed E-state index contributed by atoms with van der Waals surface area (Å²) in [7, 11) is 0. The average molecular weight is 307 g/mol. The standard InChI is InChI=1S/C14H17N3O3S/c1-8-7-21-14(15-8)16-11(18)6-17-12(19)9-4-2-3-5-10(9)13(17)20/h7,9-10H,2-6H2,1H3,(H,15,16,18). The van der Waals surface area contributed by atoms with Crippen molar-refractivity contribution >= 4 is 34.2 Å². The van der Waals surface area contributed by atoms with Crippen LogP contribution in [0.5, 0.6) is 0 Å². The van der Waals surface area contributed by atoms with E-state index in [1.807, 2.05) is 12.3 Å². The second-order valence-corrected chi connectivity index (χ2v) is 6.46. The summed E-state index contributed by atoms with van der Waals surface area (Å²) in [6.45, 7) is 1.63. The normalized spacial score (nSPS) is 25.1. The number of carbonyl (C=O) groups excluding carboxylic acids is 3. The lowest BCUT2D eigenvalue weighted by atomic mass is 9.81. The average Bonchev–Trinajstić information content (AvgIpc) is 2.97. The van der Waals surface area contributed by atoms with Gasteiger partial charge in [0.15, 0.2) is 5.13 Å². The van der Waals surface area contributed by atoms with Crippen LogP contribution in [0.15, 0.2) is 5.38 Å². The summed E-state index contributed by atoms with van der Waals surface area (Å²) in [5.41, 5.74) is 0.828. The number of aryl methyl sites for hydroxylation is 1. The van der Waals surface area contributed by atoms with E-state index in [1.165, 1.54) is 11.3 Å². The number of carbonyl (C=O) groups is 3. The first-order valence-corrected chi connectivity index (χ1v) is 8.01. The van der Waals surface area contributed by atoms with E-state index in [0.29, 0.717) is 5.13 Å². The number of hydrogen-bond acceptors (Lipinski definition) is 5. The zero-order valence-corrected chi connectivity index (χ0v) is 12.6. The van der Waals surface area contributed by atoms with Gasteiger partial charge in [-0.1, -0.05) is 12.8 Å². The molecule has 2 heterocycles. The molecule has 3 rings (SSSR count). The summed E-state index contributed by atoms with van der Waals surface area (Å²) in [5.74, 6) is -1.16. The van der Waals surface area contributed by atoms with Gasteiger partial charge < -0.3 is 5.32 Å². The van der Waals surface area contributed by atoms with Crippen LogP contribution in [0.3, 0.4) is 0 Å². The quantitative estimate of drug-likeness (QED) is 0.860. The second-order valence-electron chi connectivity index (χ2n) is 5.60. The maximum Gasteiger partial charge on any atom is 0.246 e. The van der Waals surface area contributed by atoms with Gasteiger partial charge in [-0.2, -0.15) is 0 Å². The largest absolute Gasteiger partial charge is 0.300 e. The Morgan fingerprint density at radius 2 is 1.95 bits per heavy atom. The van der Waals surface area contributed by atoms with Crippen molar-refractivity contribution in [3.8, 4) is 0 Å². The molecule has 0 bridgehead atoms. The third-order valence-electron chi connectivity index (χ3n) is 4.10. The molecule has 21 heavy (non-hydrogen) atoms. The molecule has 7 heteroatoms. The van der Waals surface area contributed by atoms with E-state index in [2.05, 4.69) is 10.3 Å². The molecular weight excluding hydrogens is 290 g/mol. The van der Waals surface area contributed by atoms with Crippen LogP contribution >= 0.6 is 11.3 Å². The van der Waals surface area contributed by atoms with Gasteiger partial charge in [0.1, 0.15) is 6.54 Å². The summed E-state index contributed by atoms with van der Waals surface area (Å²) < 4.78 is 0. The molecule has 0 aromatic carbocycles. The molecule has 1 aromatic heterocycles. The first kappa shape index (κ1) is 14.2. The highest BCUT2D eigenvalue weighted by molar-refractivity contribution is 7.13. The van der Waals surface area contributed by atoms with Crippen LogP contribution in [0.25, 0.3) is 0 Å². The molecule has 1 aliphatic carbocycles. The molecule has 1 saturated heterocycles. The number of anilines is 1. The molecule has 112 valence electrons. The van der Waals surface area contributed by atoms with E-state index in [9.17, 15) is 14.4 Å². The van der Waals surface area contributed by atoms with E-state index in [0.717, 1.165) is 36.3 Å². The number of amides is 3. The molecule has 3 amide bonds. The molecule has 1 saturated carbocycles. The van der Waals surface area contributed by atoms with Gasteiger partial charge in [0.25, 0.3) is 0 Å². The molecule has 2 unspecified atom stereocenters. The Bertz CT molecular complexity index is 574. The van der Waals surface area contributed by atoms with Crippen molar-refractivity contribution in [2.75, 3.05) is 11.9 Å². The van der Waals surface area contributed by atoms with E-state index in [1.54, 1.807) is 0 Å². The highest BCUT2D eigenvalue weighted by Crippen LogP contribution is 2.37. The third-order valence-corrected chi connectivity index (χ3v) is 4.98. The third kappa shape index (κ3) is 2.70. The predicted molar refractivity (Wildman–Crippen MR) is 77.6 cm³/mol. The molecule has 6 nitrogen and oxygen atoms in total. The number of imide groups is 1. The number of rotatable bonds is 3. The fourth-order valence-corrected chi connectivity index (χ4v) is 3.80. The molecule has 2 aliphatic rings. The first-order chi connectivity index (χ1) is 10.1. The Morgan fingerprint density at radius 3 is 2.48 bits per heavy atom.